The van der Waals surface area contributed by atoms with E-state index in [-0.39, 0.29) is 0 Å². The van der Waals surface area contributed by atoms with Crippen LogP contribution >= 0.6 is 0 Å². The van der Waals surface area contributed by atoms with Gasteiger partial charge in [0.2, 0.25) is 11.7 Å². The molecule has 18 heavy (non-hydrogen) atoms. The lowest BCUT2D eigenvalue weighted by Gasteiger charge is -2.10. The van der Waals surface area contributed by atoms with Crippen LogP contribution in [0.4, 0.5) is 0 Å². The number of rotatable bonds is 3. The number of likely N-dealkylation sites (tertiary alicyclic amines) is 1. The standard InChI is InChI=1S/C12H9NO5/c14-8(15)6-13-11(17)9(10(16)12(13)18)7-4-2-1-3-5-7/h1-5,9H,6H2,(H,14,15)/t9-/m1/s1. The third-order valence-electron chi connectivity index (χ3n) is 2.66. The molecule has 1 aliphatic heterocycles. The van der Waals surface area contributed by atoms with Crippen LogP contribution in [-0.2, 0) is 19.2 Å². The molecule has 1 aliphatic rings. The summed E-state index contributed by atoms with van der Waals surface area (Å²) in [4.78, 5) is 46.1. The van der Waals surface area contributed by atoms with Gasteiger partial charge in [0.25, 0.3) is 5.91 Å². The second-order valence-corrected chi connectivity index (χ2v) is 3.83. The molecule has 1 aromatic rings. The molecule has 0 unspecified atom stereocenters. The number of ketones is 1. The predicted octanol–water partition coefficient (Wildman–Crippen LogP) is -0.207. The highest BCUT2D eigenvalue weighted by Crippen LogP contribution is 2.26. The lowest BCUT2D eigenvalue weighted by molar-refractivity contribution is -0.150. The molecule has 0 aromatic heterocycles. The van der Waals surface area contributed by atoms with Gasteiger partial charge in [0, 0.05) is 0 Å². The number of nitrogens with zero attached hydrogens (tertiary/aromatic N) is 1. The minimum Gasteiger partial charge on any atom is -0.480 e. The number of carboxylic acids is 1. The van der Waals surface area contributed by atoms with Crippen LogP contribution < -0.4 is 0 Å². The quantitative estimate of drug-likeness (QED) is 0.453. The highest BCUT2D eigenvalue weighted by Gasteiger charge is 2.48. The van der Waals surface area contributed by atoms with Crippen LogP contribution in [0.25, 0.3) is 0 Å². The van der Waals surface area contributed by atoms with Crippen molar-refractivity contribution in [2.45, 2.75) is 5.92 Å². The molecule has 1 aromatic carbocycles. The number of hydrogen-bond donors (Lipinski definition) is 1. The summed E-state index contributed by atoms with van der Waals surface area (Å²) < 4.78 is 0. The van der Waals surface area contributed by atoms with Gasteiger partial charge in [-0.25, -0.2) is 0 Å². The highest BCUT2D eigenvalue weighted by atomic mass is 16.4. The van der Waals surface area contributed by atoms with Gasteiger partial charge >= 0.3 is 5.97 Å². The summed E-state index contributed by atoms with van der Waals surface area (Å²) >= 11 is 0. The molecule has 2 rings (SSSR count). The Balaban J connectivity index is 2.35. The largest absolute Gasteiger partial charge is 0.480 e. The summed E-state index contributed by atoms with van der Waals surface area (Å²) in [6, 6.07) is 8.10. The maximum absolute atomic E-state index is 11.9. The zero-order chi connectivity index (χ0) is 13.3. The SMILES string of the molecule is O=C(O)CN1C(=O)C(=O)[C@@H](c2ccccc2)C1=O. The van der Waals surface area contributed by atoms with Gasteiger partial charge in [0.15, 0.2) is 0 Å². The van der Waals surface area contributed by atoms with Crippen LogP contribution in [0.2, 0.25) is 0 Å². The first-order chi connectivity index (χ1) is 8.52. The molecule has 0 aliphatic carbocycles. The molecule has 92 valence electrons. The van der Waals surface area contributed by atoms with Crippen molar-refractivity contribution in [1.82, 2.24) is 4.90 Å². The monoisotopic (exact) mass is 247 g/mol. The molecule has 1 heterocycles. The smallest absolute Gasteiger partial charge is 0.323 e. The van der Waals surface area contributed by atoms with Gasteiger partial charge in [-0.05, 0) is 5.56 Å². The van der Waals surface area contributed by atoms with E-state index in [0.29, 0.717) is 10.5 Å². The number of carbonyl (C=O) groups excluding carboxylic acids is 3. The number of aliphatic carboxylic acids is 1. The van der Waals surface area contributed by atoms with Crippen molar-refractivity contribution in [3.8, 4) is 0 Å². The van der Waals surface area contributed by atoms with Crippen LogP contribution in [0.15, 0.2) is 30.3 Å². The van der Waals surface area contributed by atoms with Gasteiger partial charge in [-0.3, -0.25) is 24.1 Å². The van der Waals surface area contributed by atoms with Gasteiger partial charge < -0.3 is 5.11 Å². The lowest BCUT2D eigenvalue weighted by atomic mass is 9.97. The summed E-state index contributed by atoms with van der Waals surface area (Å²) in [5.41, 5.74) is 0.397. The Morgan fingerprint density at radius 1 is 1.17 bits per heavy atom. The second kappa shape index (κ2) is 4.40. The Kier molecular flexibility index (Phi) is 2.93. The maximum Gasteiger partial charge on any atom is 0.323 e. The summed E-state index contributed by atoms with van der Waals surface area (Å²) in [7, 11) is 0. The second-order valence-electron chi connectivity index (χ2n) is 3.83. The molecule has 0 saturated carbocycles. The Bertz CT molecular complexity index is 537. The molecule has 0 spiro atoms. The third-order valence-corrected chi connectivity index (χ3v) is 2.66. The molecule has 6 nitrogen and oxygen atoms in total. The molecule has 0 radical (unpaired) electrons. The maximum atomic E-state index is 11.9. The zero-order valence-electron chi connectivity index (χ0n) is 9.20. The zero-order valence-corrected chi connectivity index (χ0v) is 9.20. The summed E-state index contributed by atoms with van der Waals surface area (Å²) in [5.74, 6) is -5.27. The van der Waals surface area contributed by atoms with Crippen LogP contribution in [0.1, 0.15) is 11.5 Å². The van der Waals surface area contributed by atoms with E-state index in [1.54, 1.807) is 30.3 Å². The Morgan fingerprint density at radius 3 is 2.33 bits per heavy atom. The molecule has 1 saturated heterocycles. The fourth-order valence-electron chi connectivity index (χ4n) is 1.85. The molecular weight excluding hydrogens is 238 g/mol. The van der Waals surface area contributed by atoms with Gasteiger partial charge in [-0.2, -0.15) is 0 Å². The summed E-state index contributed by atoms with van der Waals surface area (Å²) in [5, 5.41) is 8.60. The normalized spacial score (nSPS) is 19.4. The predicted molar refractivity (Wildman–Crippen MR) is 58.5 cm³/mol. The van der Waals surface area contributed by atoms with E-state index in [1.165, 1.54) is 0 Å². The van der Waals surface area contributed by atoms with Crippen LogP contribution in [-0.4, -0.2) is 40.1 Å². The molecule has 6 heteroatoms. The van der Waals surface area contributed by atoms with Gasteiger partial charge in [0.1, 0.15) is 12.5 Å². The lowest BCUT2D eigenvalue weighted by Crippen LogP contribution is -2.35. The van der Waals surface area contributed by atoms with Crippen LogP contribution in [0.5, 0.6) is 0 Å². The van der Waals surface area contributed by atoms with Crippen molar-refractivity contribution in [3.63, 3.8) is 0 Å². The van der Waals surface area contributed by atoms with Gasteiger partial charge in [0.05, 0.1) is 0 Å². The molecular formula is C12H9NO5. The fourth-order valence-corrected chi connectivity index (χ4v) is 1.85. The first-order valence-corrected chi connectivity index (χ1v) is 5.18. The Hall–Kier alpha value is -2.50. The number of hydrogen-bond acceptors (Lipinski definition) is 4. The van der Waals surface area contributed by atoms with Crippen molar-refractivity contribution < 1.29 is 24.3 Å². The van der Waals surface area contributed by atoms with E-state index in [9.17, 15) is 19.2 Å². The van der Waals surface area contributed by atoms with Crippen molar-refractivity contribution in [2.24, 2.45) is 0 Å². The first-order valence-electron chi connectivity index (χ1n) is 5.18. The third kappa shape index (κ3) is 1.88. The molecule has 2 amide bonds. The van der Waals surface area contributed by atoms with Crippen molar-refractivity contribution >= 4 is 23.6 Å². The van der Waals surface area contributed by atoms with E-state index < -0.39 is 36.0 Å². The van der Waals surface area contributed by atoms with Gasteiger partial charge in [-0.15, -0.1) is 0 Å². The molecule has 1 N–H and O–H groups in total. The Morgan fingerprint density at radius 2 is 1.78 bits per heavy atom. The van der Waals surface area contributed by atoms with E-state index in [4.69, 9.17) is 5.11 Å². The minimum absolute atomic E-state index is 0.397. The molecule has 1 atom stereocenters. The first kappa shape index (κ1) is 12.0. The number of amides is 2. The highest BCUT2D eigenvalue weighted by molar-refractivity contribution is 6.50. The minimum atomic E-state index is -1.33. The number of Topliss-reactive ketones (excluding diaryl/α,β-unsaturated/α-hetero) is 1. The topological polar surface area (TPSA) is 91.8 Å². The van der Waals surface area contributed by atoms with E-state index >= 15 is 0 Å². The van der Waals surface area contributed by atoms with E-state index in [2.05, 4.69) is 0 Å². The van der Waals surface area contributed by atoms with E-state index in [0.717, 1.165) is 0 Å². The summed E-state index contributed by atoms with van der Waals surface area (Å²) in [6.45, 7) is -0.785. The van der Waals surface area contributed by atoms with Gasteiger partial charge in [-0.1, -0.05) is 30.3 Å². The van der Waals surface area contributed by atoms with Crippen molar-refractivity contribution in [2.75, 3.05) is 6.54 Å². The molecule has 1 fully saturated rings. The van der Waals surface area contributed by atoms with Crippen molar-refractivity contribution in [1.29, 1.82) is 0 Å². The number of imide groups is 1. The average molecular weight is 247 g/mol. The number of carboxylic acid groups (broad SMARTS) is 1. The summed E-state index contributed by atoms with van der Waals surface area (Å²) in [6.07, 6.45) is 0. The average Bonchev–Trinajstić information content (AvgIpc) is 2.54. The van der Waals surface area contributed by atoms with Crippen LogP contribution in [0, 0.1) is 0 Å². The van der Waals surface area contributed by atoms with Crippen molar-refractivity contribution in [3.05, 3.63) is 35.9 Å². The number of carbonyl (C=O) groups is 4. The number of benzene rings is 1. The van der Waals surface area contributed by atoms with Crippen LogP contribution in [0.3, 0.4) is 0 Å². The van der Waals surface area contributed by atoms with E-state index in [1.807, 2.05) is 0 Å². The molecule has 0 bridgehead atoms. The Labute approximate surface area is 102 Å². The fraction of sp³-hybridized carbons (Fsp3) is 0.167.